The Morgan fingerprint density at radius 3 is 3.06 bits per heavy atom. The summed E-state index contributed by atoms with van der Waals surface area (Å²) >= 11 is 0. The van der Waals surface area contributed by atoms with E-state index in [0.29, 0.717) is 6.61 Å². The van der Waals surface area contributed by atoms with Crippen LogP contribution in [0.15, 0.2) is 18.3 Å². The molecule has 0 aliphatic heterocycles. The highest BCUT2D eigenvalue weighted by atomic mass is 16.5. The molecule has 0 aliphatic rings. The van der Waals surface area contributed by atoms with Gasteiger partial charge >= 0.3 is 0 Å². The van der Waals surface area contributed by atoms with Crippen LogP contribution in [0.25, 0.3) is 0 Å². The monoisotopic (exact) mass is 240 g/mol. The van der Waals surface area contributed by atoms with Crippen molar-refractivity contribution in [1.29, 1.82) is 0 Å². The number of nitrogens with zero attached hydrogens (tertiary/aromatic N) is 1. The summed E-state index contributed by atoms with van der Waals surface area (Å²) < 4.78 is 7.14. The van der Waals surface area contributed by atoms with Gasteiger partial charge in [0.15, 0.2) is 0 Å². The van der Waals surface area contributed by atoms with Gasteiger partial charge < -0.3 is 19.7 Å². The summed E-state index contributed by atoms with van der Waals surface area (Å²) in [6.07, 6.45) is 3.62. The average molecular weight is 240 g/mol. The number of aliphatic hydroxyl groups is 1. The van der Waals surface area contributed by atoms with Gasteiger partial charge in [0.2, 0.25) is 0 Å². The van der Waals surface area contributed by atoms with Crippen molar-refractivity contribution in [2.24, 2.45) is 0 Å². The van der Waals surface area contributed by atoms with Crippen LogP contribution in [0.5, 0.6) is 0 Å². The van der Waals surface area contributed by atoms with Crippen LogP contribution in [-0.4, -0.2) is 36.0 Å². The minimum Gasteiger partial charge on any atom is -0.391 e. The van der Waals surface area contributed by atoms with Gasteiger partial charge in [0.05, 0.1) is 12.7 Å². The largest absolute Gasteiger partial charge is 0.391 e. The molecule has 0 fully saturated rings. The van der Waals surface area contributed by atoms with Gasteiger partial charge in [-0.3, -0.25) is 0 Å². The van der Waals surface area contributed by atoms with Crippen molar-refractivity contribution in [3.05, 3.63) is 24.0 Å². The lowest BCUT2D eigenvalue weighted by Crippen LogP contribution is -2.23. The quantitative estimate of drug-likeness (QED) is 0.641. The molecule has 1 aromatic heterocycles. The Bertz CT molecular complexity index is 299. The van der Waals surface area contributed by atoms with Crippen molar-refractivity contribution in [1.82, 2.24) is 9.88 Å². The number of methoxy groups -OCH3 is 1. The van der Waals surface area contributed by atoms with E-state index in [-0.39, 0.29) is 6.10 Å². The highest BCUT2D eigenvalue weighted by molar-refractivity contribution is 5.06. The summed E-state index contributed by atoms with van der Waals surface area (Å²) in [5.74, 6) is 0. The predicted octanol–water partition coefficient (Wildman–Crippen LogP) is 1.39. The second-order valence-corrected chi connectivity index (χ2v) is 4.27. The molecule has 4 nitrogen and oxygen atoms in total. The minimum absolute atomic E-state index is 0.366. The molecule has 1 heterocycles. The van der Waals surface area contributed by atoms with E-state index in [4.69, 9.17) is 4.74 Å². The van der Waals surface area contributed by atoms with E-state index in [1.54, 1.807) is 7.11 Å². The Kier molecular flexibility index (Phi) is 6.93. The van der Waals surface area contributed by atoms with Gasteiger partial charge in [-0.05, 0) is 31.5 Å². The normalized spacial score (nSPS) is 12.9. The fraction of sp³-hybridized carbons (Fsp3) is 0.692. The second kappa shape index (κ2) is 8.28. The van der Waals surface area contributed by atoms with Crippen LogP contribution in [0.4, 0.5) is 0 Å². The Morgan fingerprint density at radius 2 is 2.35 bits per heavy atom. The maximum absolute atomic E-state index is 9.47. The van der Waals surface area contributed by atoms with Gasteiger partial charge in [-0.2, -0.15) is 0 Å². The molecule has 0 saturated carbocycles. The molecule has 2 N–H and O–H groups in total. The molecule has 1 unspecified atom stereocenters. The van der Waals surface area contributed by atoms with Crippen molar-refractivity contribution >= 4 is 0 Å². The molecular weight excluding hydrogens is 216 g/mol. The molecule has 1 aromatic rings. The summed E-state index contributed by atoms with van der Waals surface area (Å²) in [6.45, 7) is 5.32. The lowest BCUT2D eigenvalue weighted by atomic mass is 10.2. The van der Waals surface area contributed by atoms with Crippen LogP contribution in [0.1, 0.15) is 25.5 Å². The number of hydrogen-bond donors (Lipinski definition) is 2. The smallest absolute Gasteiger partial charge is 0.0785 e. The Balaban J connectivity index is 2.19. The van der Waals surface area contributed by atoms with E-state index < -0.39 is 0 Å². The highest BCUT2D eigenvalue weighted by Crippen LogP contribution is 2.03. The molecule has 0 spiro atoms. The SMILES string of the molecule is CCCn1cccc1CNCCC(O)COC. The van der Waals surface area contributed by atoms with E-state index in [1.165, 1.54) is 5.69 Å². The van der Waals surface area contributed by atoms with Gasteiger partial charge in [-0.1, -0.05) is 6.92 Å². The third-order valence-corrected chi connectivity index (χ3v) is 2.71. The third kappa shape index (κ3) is 5.35. The number of aromatic nitrogens is 1. The van der Waals surface area contributed by atoms with Gasteiger partial charge in [-0.15, -0.1) is 0 Å². The molecule has 98 valence electrons. The molecule has 0 radical (unpaired) electrons. The third-order valence-electron chi connectivity index (χ3n) is 2.71. The summed E-state index contributed by atoms with van der Waals surface area (Å²) in [5.41, 5.74) is 1.30. The fourth-order valence-electron chi connectivity index (χ4n) is 1.83. The van der Waals surface area contributed by atoms with Gasteiger partial charge in [0.25, 0.3) is 0 Å². The summed E-state index contributed by atoms with van der Waals surface area (Å²) in [5, 5.41) is 12.8. The molecule has 1 atom stereocenters. The molecule has 17 heavy (non-hydrogen) atoms. The number of ether oxygens (including phenoxy) is 1. The fourth-order valence-corrected chi connectivity index (χ4v) is 1.83. The first-order valence-electron chi connectivity index (χ1n) is 6.29. The molecule has 4 heteroatoms. The summed E-state index contributed by atoms with van der Waals surface area (Å²) in [6, 6.07) is 4.21. The van der Waals surface area contributed by atoms with Crippen LogP contribution in [0.2, 0.25) is 0 Å². The van der Waals surface area contributed by atoms with E-state index in [2.05, 4.69) is 35.1 Å². The maximum atomic E-state index is 9.47. The number of aliphatic hydroxyl groups excluding tert-OH is 1. The van der Waals surface area contributed by atoms with E-state index in [9.17, 15) is 5.11 Å². The van der Waals surface area contributed by atoms with Crippen LogP contribution in [-0.2, 0) is 17.8 Å². The zero-order valence-electron chi connectivity index (χ0n) is 10.9. The lowest BCUT2D eigenvalue weighted by molar-refractivity contribution is 0.0594. The topological polar surface area (TPSA) is 46.4 Å². The number of aryl methyl sites for hydroxylation is 1. The molecule has 1 rings (SSSR count). The zero-order chi connectivity index (χ0) is 12.5. The first-order chi connectivity index (χ1) is 8.27. The van der Waals surface area contributed by atoms with Crippen molar-refractivity contribution in [2.45, 2.75) is 39.0 Å². The van der Waals surface area contributed by atoms with Gasteiger partial charge in [-0.25, -0.2) is 0 Å². The van der Waals surface area contributed by atoms with Gasteiger partial charge in [0, 0.05) is 32.1 Å². The predicted molar refractivity (Wildman–Crippen MR) is 68.9 cm³/mol. The maximum Gasteiger partial charge on any atom is 0.0785 e. The number of nitrogens with one attached hydrogen (secondary N) is 1. The minimum atomic E-state index is -0.366. The van der Waals surface area contributed by atoms with E-state index >= 15 is 0 Å². The molecule has 0 aliphatic carbocycles. The molecule has 0 bridgehead atoms. The molecule has 0 aromatic carbocycles. The van der Waals surface area contributed by atoms with Crippen molar-refractivity contribution in [3.63, 3.8) is 0 Å². The summed E-state index contributed by atoms with van der Waals surface area (Å²) in [7, 11) is 1.61. The van der Waals surface area contributed by atoms with Crippen molar-refractivity contribution in [3.8, 4) is 0 Å². The zero-order valence-corrected chi connectivity index (χ0v) is 10.9. The van der Waals surface area contributed by atoms with Crippen LogP contribution in [0, 0.1) is 0 Å². The first kappa shape index (κ1) is 14.2. The van der Waals surface area contributed by atoms with E-state index in [1.807, 2.05) is 0 Å². The van der Waals surface area contributed by atoms with Crippen molar-refractivity contribution in [2.75, 3.05) is 20.3 Å². The first-order valence-corrected chi connectivity index (χ1v) is 6.29. The molecular formula is C13H24N2O2. The molecule has 0 saturated heterocycles. The second-order valence-electron chi connectivity index (χ2n) is 4.27. The van der Waals surface area contributed by atoms with Crippen LogP contribution >= 0.6 is 0 Å². The van der Waals surface area contributed by atoms with E-state index in [0.717, 1.165) is 32.5 Å². The Labute approximate surface area is 104 Å². The lowest BCUT2D eigenvalue weighted by Gasteiger charge is -2.11. The summed E-state index contributed by atoms with van der Waals surface area (Å²) in [4.78, 5) is 0. The van der Waals surface area contributed by atoms with Crippen LogP contribution in [0.3, 0.4) is 0 Å². The number of hydrogen-bond acceptors (Lipinski definition) is 3. The Morgan fingerprint density at radius 1 is 1.53 bits per heavy atom. The standard InChI is InChI=1S/C13H24N2O2/c1-3-8-15-9-4-5-12(15)10-14-7-6-13(16)11-17-2/h4-5,9,13-14,16H,3,6-8,10-11H2,1-2H3. The van der Waals surface area contributed by atoms with Crippen molar-refractivity contribution < 1.29 is 9.84 Å². The highest BCUT2D eigenvalue weighted by Gasteiger charge is 2.03. The van der Waals surface area contributed by atoms with Gasteiger partial charge in [0.1, 0.15) is 0 Å². The molecule has 0 amide bonds. The Hall–Kier alpha value is -0.840. The number of rotatable bonds is 9. The average Bonchev–Trinajstić information content (AvgIpc) is 2.73. The van der Waals surface area contributed by atoms with Crippen LogP contribution < -0.4 is 5.32 Å².